The molecule has 1 fully saturated rings. The number of carbonyl (C=O) groups is 1. The monoisotopic (exact) mass is 280 g/mol. The molecule has 1 atom stereocenters. The van der Waals surface area contributed by atoms with Crippen LogP contribution in [0.15, 0.2) is 17.2 Å². The van der Waals surface area contributed by atoms with E-state index in [-0.39, 0.29) is 5.92 Å². The van der Waals surface area contributed by atoms with Crippen LogP contribution in [0.5, 0.6) is 0 Å². The quantitative estimate of drug-likeness (QED) is 0.783. The number of aliphatic carboxylic acids is 1. The smallest absolute Gasteiger partial charge is 0.325 e. The maximum Gasteiger partial charge on any atom is 0.325 e. The van der Waals surface area contributed by atoms with Crippen molar-refractivity contribution < 1.29 is 9.90 Å². The van der Waals surface area contributed by atoms with Crippen molar-refractivity contribution in [3.05, 3.63) is 23.4 Å². The molecule has 1 saturated carbocycles. The Morgan fingerprint density at radius 1 is 1.53 bits per heavy atom. The van der Waals surface area contributed by atoms with Gasteiger partial charge in [0.1, 0.15) is 5.54 Å². The molecule has 0 spiro atoms. The summed E-state index contributed by atoms with van der Waals surface area (Å²) in [6.07, 6.45) is 1.99. The van der Waals surface area contributed by atoms with Gasteiger partial charge in [-0.15, -0.1) is 11.8 Å². The van der Waals surface area contributed by atoms with Gasteiger partial charge < -0.3 is 10.4 Å². The fourth-order valence-electron chi connectivity index (χ4n) is 2.38. The summed E-state index contributed by atoms with van der Waals surface area (Å²) in [5, 5.41) is 13.5. The highest BCUT2D eigenvalue weighted by atomic mass is 32.2. The normalized spacial score (nSPS) is 18.1. The van der Waals surface area contributed by atoms with Gasteiger partial charge in [0.15, 0.2) is 0 Å². The lowest BCUT2D eigenvalue weighted by molar-refractivity contribution is -0.144. The molecule has 0 saturated heterocycles. The van der Waals surface area contributed by atoms with Crippen molar-refractivity contribution in [2.24, 2.45) is 5.92 Å². The standard InChI is InChI=1S/C14H20N2O2S/c1-9-6-10(2)16-12(7-9)19-8-14(15-3,13(17)18)11-4-5-11/h6-7,11,15H,4-5,8H2,1-3H3,(H,17,18). The highest BCUT2D eigenvalue weighted by molar-refractivity contribution is 7.99. The van der Waals surface area contributed by atoms with Gasteiger partial charge in [-0.3, -0.25) is 4.79 Å². The van der Waals surface area contributed by atoms with Crippen LogP contribution in [-0.2, 0) is 4.79 Å². The number of rotatable bonds is 6. The zero-order valence-electron chi connectivity index (χ0n) is 11.6. The molecular weight excluding hydrogens is 260 g/mol. The second-order valence-corrected chi connectivity index (χ2v) is 6.21. The maximum atomic E-state index is 11.6. The van der Waals surface area contributed by atoms with Crippen LogP contribution in [0.25, 0.3) is 0 Å². The second-order valence-electron chi connectivity index (χ2n) is 5.21. The van der Waals surface area contributed by atoms with Crippen molar-refractivity contribution in [3.8, 4) is 0 Å². The third-order valence-electron chi connectivity index (χ3n) is 3.62. The lowest BCUT2D eigenvalue weighted by Gasteiger charge is -2.28. The molecule has 0 aromatic carbocycles. The van der Waals surface area contributed by atoms with Crippen LogP contribution in [0.2, 0.25) is 0 Å². The molecule has 2 N–H and O–H groups in total. The molecule has 0 radical (unpaired) electrons. The summed E-state index contributed by atoms with van der Waals surface area (Å²) in [5.41, 5.74) is 1.32. The Morgan fingerprint density at radius 3 is 2.68 bits per heavy atom. The summed E-state index contributed by atoms with van der Waals surface area (Å²) in [4.78, 5) is 16.0. The van der Waals surface area contributed by atoms with E-state index in [4.69, 9.17) is 0 Å². The van der Waals surface area contributed by atoms with Crippen molar-refractivity contribution in [1.82, 2.24) is 10.3 Å². The molecule has 1 aliphatic carbocycles. The van der Waals surface area contributed by atoms with Crippen molar-refractivity contribution >= 4 is 17.7 Å². The SMILES string of the molecule is CNC(CSc1cc(C)cc(C)n1)(C(=O)O)C1CC1. The molecule has 19 heavy (non-hydrogen) atoms. The highest BCUT2D eigenvalue weighted by Gasteiger charge is 2.50. The summed E-state index contributed by atoms with van der Waals surface area (Å²) < 4.78 is 0. The molecule has 1 aromatic heterocycles. The van der Waals surface area contributed by atoms with Gasteiger partial charge in [-0.25, -0.2) is 4.98 Å². The summed E-state index contributed by atoms with van der Waals surface area (Å²) >= 11 is 1.52. The number of carboxylic acid groups (broad SMARTS) is 1. The van der Waals surface area contributed by atoms with E-state index in [1.807, 2.05) is 26.0 Å². The number of thioether (sulfide) groups is 1. The number of aryl methyl sites for hydroxylation is 2. The molecule has 0 amide bonds. The van der Waals surface area contributed by atoms with E-state index in [2.05, 4.69) is 10.3 Å². The van der Waals surface area contributed by atoms with Gasteiger partial charge >= 0.3 is 5.97 Å². The summed E-state index contributed by atoms with van der Waals surface area (Å²) in [7, 11) is 1.74. The Hall–Kier alpha value is -1.07. The number of nitrogens with zero attached hydrogens (tertiary/aromatic N) is 1. The first kappa shape index (κ1) is 14.3. The number of likely N-dealkylation sites (N-methyl/N-ethyl adjacent to an activating group) is 1. The molecule has 1 aromatic rings. The number of aromatic nitrogens is 1. The van der Waals surface area contributed by atoms with Crippen LogP contribution in [-0.4, -0.2) is 34.4 Å². The molecule has 1 aliphatic rings. The van der Waals surface area contributed by atoms with Crippen molar-refractivity contribution in [3.63, 3.8) is 0 Å². The van der Waals surface area contributed by atoms with E-state index in [1.54, 1.807) is 7.05 Å². The highest BCUT2D eigenvalue weighted by Crippen LogP contribution is 2.42. The average molecular weight is 280 g/mol. The van der Waals surface area contributed by atoms with E-state index in [1.165, 1.54) is 11.8 Å². The molecule has 0 aliphatic heterocycles. The summed E-state index contributed by atoms with van der Waals surface area (Å²) in [5.74, 6) is 0.00197. The van der Waals surface area contributed by atoms with E-state index < -0.39 is 11.5 Å². The molecule has 0 bridgehead atoms. The molecular formula is C14H20N2O2S. The van der Waals surface area contributed by atoms with Crippen molar-refractivity contribution in [2.45, 2.75) is 37.3 Å². The maximum absolute atomic E-state index is 11.6. The van der Waals surface area contributed by atoms with Crippen molar-refractivity contribution in [2.75, 3.05) is 12.8 Å². The van der Waals surface area contributed by atoms with Gasteiger partial charge in [-0.1, -0.05) is 0 Å². The number of hydrogen-bond acceptors (Lipinski definition) is 4. The molecule has 1 unspecified atom stereocenters. The minimum absolute atomic E-state index is 0.244. The fraction of sp³-hybridized carbons (Fsp3) is 0.571. The minimum atomic E-state index is -0.815. The second kappa shape index (κ2) is 5.51. The number of nitrogens with one attached hydrogen (secondary N) is 1. The zero-order chi connectivity index (χ0) is 14.0. The van der Waals surface area contributed by atoms with Crippen LogP contribution in [0, 0.1) is 19.8 Å². The Kier molecular flexibility index (Phi) is 4.16. The van der Waals surface area contributed by atoms with Gasteiger partial charge in [0, 0.05) is 11.4 Å². The predicted molar refractivity (Wildman–Crippen MR) is 76.6 cm³/mol. The summed E-state index contributed by atoms with van der Waals surface area (Å²) in [6, 6.07) is 4.03. The lowest BCUT2D eigenvalue weighted by atomic mass is 9.96. The zero-order valence-corrected chi connectivity index (χ0v) is 12.4. The van der Waals surface area contributed by atoms with Crippen molar-refractivity contribution in [1.29, 1.82) is 0 Å². The van der Waals surface area contributed by atoms with Crippen LogP contribution in [0.4, 0.5) is 0 Å². The van der Waals surface area contributed by atoms with Gasteiger partial charge in [-0.05, 0) is 57.4 Å². The van der Waals surface area contributed by atoms with E-state index in [0.717, 1.165) is 29.1 Å². The van der Waals surface area contributed by atoms with Crippen LogP contribution in [0.3, 0.4) is 0 Å². The largest absolute Gasteiger partial charge is 0.480 e. The Bertz CT molecular complexity index is 468. The molecule has 5 heteroatoms. The van der Waals surface area contributed by atoms with E-state index in [0.29, 0.717) is 5.75 Å². The molecule has 104 valence electrons. The third-order valence-corrected chi connectivity index (χ3v) is 4.73. The first-order chi connectivity index (χ1) is 8.98. The van der Waals surface area contributed by atoms with Crippen LogP contribution in [0.1, 0.15) is 24.1 Å². The first-order valence-electron chi connectivity index (χ1n) is 6.48. The summed E-state index contributed by atoms with van der Waals surface area (Å²) in [6.45, 7) is 3.99. The Labute approximate surface area is 118 Å². The van der Waals surface area contributed by atoms with Gasteiger partial charge in [0.05, 0.1) is 5.03 Å². The van der Waals surface area contributed by atoms with Gasteiger partial charge in [0.2, 0.25) is 0 Å². The lowest BCUT2D eigenvalue weighted by Crippen LogP contribution is -2.54. The van der Waals surface area contributed by atoms with Gasteiger partial charge in [-0.2, -0.15) is 0 Å². The van der Waals surface area contributed by atoms with Crippen LogP contribution < -0.4 is 5.32 Å². The van der Waals surface area contributed by atoms with Gasteiger partial charge in [0.25, 0.3) is 0 Å². The Morgan fingerprint density at radius 2 is 2.21 bits per heavy atom. The number of carboxylic acids is 1. The number of hydrogen-bond donors (Lipinski definition) is 2. The predicted octanol–water partition coefficient (Wildman–Crippen LogP) is 2.24. The Balaban J connectivity index is 2.12. The fourth-order valence-corrected chi connectivity index (χ4v) is 3.74. The minimum Gasteiger partial charge on any atom is -0.480 e. The average Bonchev–Trinajstić information content (AvgIpc) is 3.13. The topological polar surface area (TPSA) is 62.2 Å². The van der Waals surface area contributed by atoms with Crippen LogP contribution >= 0.6 is 11.8 Å². The van der Waals surface area contributed by atoms with E-state index >= 15 is 0 Å². The van der Waals surface area contributed by atoms with E-state index in [9.17, 15) is 9.90 Å². The third kappa shape index (κ3) is 3.09. The molecule has 4 nitrogen and oxygen atoms in total. The molecule has 1 heterocycles. The number of pyridine rings is 1. The first-order valence-corrected chi connectivity index (χ1v) is 7.47. The molecule has 2 rings (SSSR count).